The van der Waals surface area contributed by atoms with E-state index in [2.05, 4.69) is 0 Å². The molecule has 2 amide bonds. The van der Waals surface area contributed by atoms with E-state index in [0.29, 0.717) is 5.75 Å². The summed E-state index contributed by atoms with van der Waals surface area (Å²) in [7, 11) is 0. The fraction of sp³-hybridized carbons (Fsp3) is 0.500. The van der Waals surface area contributed by atoms with Gasteiger partial charge in [0.1, 0.15) is 12.4 Å². The number of amides is 2. The Morgan fingerprint density at radius 3 is 2.16 bits per heavy atom. The first-order valence-corrected chi connectivity index (χ1v) is 8.13. The maximum Gasteiger partial charge on any atom is 0.303 e. The van der Waals surface area contributed by atoms with Gasteiger partial charge in [-0.3, -0.25) is 14.4 Å². The Kier molecular flexibility index (Phi) is 7.91. The second-order valence-corrected chi connectivity index (χ2v) is 6.09. The quantitative estimate of drug-likeness (QED) is 0.677. The third-order valence-electron chi connectivity index (χ3n) is 3.50. The average Bonchev–Trinajstić information content (AvgIpc) is 2.49. The smallest absolute Gasteiger partial charge is 0.303 e. The fourth-order valence-corrected chi connectivity index (χ4v) is 2.37. The van der Waals surface area contributed by atoms with Crippen LogP contribution in [0.2, 0.25) is 0 Å². The van der Waals surface area contributed by atoms with Crippen molar-refractivity contribution in [3.63, 3.8) is 0 Å². The van der Waals surface area contributed by atoms with Crippen LogP contribution in [0, 0.1) is 0 Å². The molecular weight excluding hydrogens is 324 g/mol. The molecule has 1 aromatic carbocycles. The van der Waals surface area contributed by atoms with Crippen LogP contribution in [0.3, 0.4) is 0 Å². The molecule has 0 fully saturated rings. The molecule has 0 aliphatic carbocycles. The Morgan fingerprint density at radius 1 is 1.12 bits per heavy atom. The predicted octanol–water partition coefficient (Wildman–Crippen LogP) is 1.28. The summed E-state index contributed by atoms with van der Waals surface area (Å²) in [5, 5.41) is 0. The number of nitrogens with zero attached hydrogens (tertiary/aromatic N) is 1. The largest absolute Gasteiger partial charge is 0.490 e. The molecule has 0 saturated carbocycles. The first-order chi connectivity index (χ1) is 11.7. The molecular formula is C18H26N2O5. The van der Waals surface area contributed by atoms with Crippen molar-refractivity contribution in [2.24, 2.45) is 5.73 Å². The Bertz CT molecular complexity index is 598. The molecule has 25 heavy (non-hydrogen) atoms. The van der Waals surface area contributed by atoms with Crippen molar-refractivity contribution in [2.75, 3.05) is 13.2 Å². The van der Waals surface area contributed by atoms with Crippen LogP contribution in [0.1, 0.15) is 33.3 Å². The highest BCUT2D eigenvalue weighted by Gasteiger charge is 2.21. The standard InChI is InChI=1S/C18H26N2O5/c1-12(2)20(13(3)21)10-17(25-14(4)22)11-24-16-7-5-15(6-8-16)9-18(19)23/h5-8,12,17H,9-11H2,1-4H3,(H2,19,23). The number of primary amides is 1. The molecule has 138 valence electrons. The molecule has 7 nitrogen and oxygen atoms in total. The number of carbonyl (C=O) groups is 3. The first kappa shape index (κ1) is 20.5. The number of carbonyl (C=O) groups excluding carboxylic acids is 3. The highest BCUT2D eigenvalue weighted by Crippen LogP contribution is 2.14. The van der Waals surface area contributed by atoms with E-state index in [9.17, 15) is 14.4 Å². The number of rotatable bonds is 9. The lowest BCUT2D eigenvalue weighted by Gasteiger charge is -2.29. The van der Waals surface area contributed by atoms with Crippen LogP contribution in [0.25, 0.3) is 0 Å². The predicted molar refractivity (Wildman–Crippen MR) is 92.9 cm³/mol. The zero-order valence-electron chi connectivity index (χ0n) is 15.2. The SMILES string of the molecule is CC(=O)OC(COc1ccc(CC(N)=O)cc1)CN(C(C)=O)C(C)C. The topological polar surface area (TPSA) is 98.9 Å². The minimum absolute atomic E-state index is 0.0105. The molecule has 7 heteroatoms. The van der Waals surface area contributed by atoms with Crippen LogP contribution in [0.5, 0.6) is 5.75 Å². The van der Waals surface area contributed by atoms with Crippen LogP contribution in [0.4, 0.5) is 0 Å². The fourth-order valence-electron chi connectivity index (χ4n) is 2.37. The van der Waals surface area contributed by atoms with Gasteiger partial charge in [0.25, 0.3) is 0 Å². The van der Waals surface area contributed by atoms with E-state index >= 15 is 0 Å². The van der Waals surface area contributed by atoms with Crippen molar-refractivity contribution in [2.45, 2.75) is 46.3 Å². The number of benzene rings is 1. The molecule has 1 unspecified atom stereocenters. The van der Waals surface area contributed by atoms with Gasteiger partial charge in [0.15, 0.2) is 6.10 Å². The summed E-state index contributed by atoms with van der Waals surface area (Å²) < 4.78 is 10.9. The van der Waals surface area contributed by atoms with E-state index < -0.39 is 18.0 Å². The normalized spacial score (nSPS) is 11.7. The van der Waals surface area contributed by atoms with Gasteiger partial charge in [-0.25, -0.2) is 0 Å². The van der Waals surface area contributed by atoms with E-state index in [1.165, 1.54) is 13.8 Å². The van der Waals surface area contributed by atoms with Gasteiger partial charge in [-0.2, -0.15) is 0 Å². The minimum Gasteiger partial charge on any atom is -0.490 e. The summed E-state index contributed by atoms with van der Waals surface area (Å²) in [4.78, 5) is 35.5. The number of ether oxygens (including phenoxy) is 2. The third kappa shape index (κ3) is 7.69. The maximum absolute atomic E-state index is 11.7. The van der Waals surface area contributed by atoms with Crippen molar-refractivity contribution in [1.29, 1.82) is 0 Å². The molecule has 0 aliphatic rings. The highest BCUT2D eigenvalue weighted by molar-refractivity contribution is 5.76. The number of esters is 1. The molecule has 1 aromatic rings. The highest BCUT2D eigenvalue weighted by atomic mass is 16.6. The Balaban J connectivity index is 2.70. The average molecular weight is 350 g/mol. The van der Waals surface area contributed by atoms with E-state index in [1.807, 2.05) is 13.8 Å². The molecule has 0 radical (unpaired) electrons. The van der Waals surface area contributed by atoms with Gasteiger partial charge >= 0.3 is 5.97 Å². The molecule has 0 bridgehead atoms. The second kappa shape index (κ2) is 9.66. The van der Waals surface area contributed by atoms with Gasteiger partial charge in [-0.1, -0.05) is 12.1 Å². The molecule has 0 heterocycles. The van der Waals surface area contributed by atoms with E-state index in [-0.39, 0.29) is 31.5 Å². The van der Waals surface area contributed by atoms with E-state index in [0.717, 1.165) is 5.56 Å². The third-order valence-corrected chi connectivity index (χ3v) is 3.50. The van der Waals surface area contributed by atoms with Gasteiger partial charge in [-0.05, 0) is 31.5 Å². The Hall–Kier alpha value is -2.57. The Labute approximate surface area is 148 Å². The summed E-state index contributed by atoms with van der Waals surface area (Å²) in [6, 6.07) is 6.92. The lowest BCUT2D eigenvalue weighted by Crippen LogP contribution is -2.44. The number of hydrogen-bond acceptors (Lipinski definition) is 5. The van der Waals surface area contributed by atoms with E-state index in [1.54, 1.807) is 29.2 Å². The molecule has 0 saturated heterocycles. The molecule has 1 atom stereocenters. The summed E-state index contributed by atoms with van der Waals surface area (Å²) in [5.41, 5.74) is 5.94. The van der Waals surface area contributed by atoms with Crippen LogP contribution in [0.15, 0.2) is 24.3 Å². The van der Waals surface area contributed by atoms with Crippen molar-refractivity contribution < 1.29 is 23.9 Å². The van der Waals surface area contributed by atoms with Gasteiger partial charge < -0.3 is 20.1 Å². The molecule has 0 aromatic heterocycles. The summed E-state index contributed by atoms with van der Waals surface area (Å²) in [6.45, 7) is 6.95. The van der Waals surface area contributed by atoms with Crippen LogP contribution in [-0.4, -0.2) is 48.0 Å². The lowest BCUT2D eigenvalue weighted by atomic mass is 10.1. The van der Waals surface area contributed by atoms with Crippen molar-refractivity contribution in [3.8, 4) is 5.75 Å². The van der Waals surface area contributed by atoms with Gasteiger partial charge in [0.05, 0.1) is 13.0 Å². The molecule has 2 N–H and O–H groups in total. The van der Waals surface area contributed by atoms with Gasteiger partial charge in [-0.15, -0.1) is 0 Å². The lowest BCUT2D eigenvalue weighted by molar-refractivity contribution is -0.151. The molecule has 0 aliphatic heterocycles. The molecule has 1 rings (SSSR count). The van der Waals surface area contributed by atoms with Crippen LogP contribution >= 0.6 is 0 Å². The number of hydrogen-bond donors (Lipinski definition) is 1. The van der Waals surface area contributed by atoms with Crippen molar-refractivity contribution in [1.82, 2.24) is 4.90 Å². The van der Waals surface area contributed by atoms with E-state index in [4.69, 9.17) is 15.2 Å². The Morgan fingerprint density at radius 2 is 1.72 bits per heavy atom. The summed E-state index contributed by atoms with van der Waals surface area (Å²) in [6.07, 6.45) is -0.410. The zero-order valence-corrected chi connectivity index (χ0v) is 15.2. The summed E-state index contributed by atoms with van der Waals surface area (Å²) in [5.74, 6) is -0.355. The van der Waals surface area contributed by atoms with Gasteiger partial charge in [0.2, 0.25) is 11.8 Å². The maximum atomic E-state index is 11.7. The zero-order chi connectivity index (χ0) is 19.0. The minimum atomic E-state index is -0.575. The van der Waals surface area contributed by atoms with Crippen LogP contribution in [-0.2, 0) is 25.5 Å². The monoisotopic (exact) mass is 350 g/mol. The summed E-state index contributed by atoms with van der Waals surface area (Å²) >= 11 is 0. The second-order valence-electron chi connectivity index (χ2n) is 6.09. The van der Waals surface area contributed by atoms with Crippen molar-refractivity contribution in [3.05, 3.63) is 29.8 Å². The number of nitrogens with two attached hydrogens (primary N) is 1. The molecule has 0 spiro atoms. The van der Waals surface area contributed by atoms with Gasteiger partial charge in [0, 0.05) is 19.9 Å². The van der Waals surface area contributed by atoms with Crippen molar-refractivity contribution >= 4 is 17.8 Å². The van der Waals surface area contributed by atoms with Crippen LogP contribution < -0.4 is 10.5 Å². The first-order valence-electron chi connectivity index (χ1n) is 8.13.